The maximum absolute atomic E-state index is 2.43. The van der Waals surface area contributed by atoms with Crippen LogP contribution in [0.4, 0.5) is 0 Å². The van der Waals surface area contributed by atoms with Gasteiger partial charge in [0.1, 0.15) is 8.80 Å². The van der Waals surface area contributed by atoms with Crippen molar-refractivity contribution in [2.45, 2.75) is 6.55 Å². The summed E-state index contributed by atoms with van der Waals surface area (Å²) in [7, 11) is -0.651. The van der Waals surface area contributed by atoms with Crippen LogP contribution < -0.4 is 10.4 Å². The largest absolute Gasteiger partial charge is 0.119 e. The molecule has 0 aliphatic carbocycles. The summed E-state index contributed by atoms with van der Waals surface area (Å²) in [6.45, 7) is 2.43. The molecule has 1 heteroatoms. The molecule has 0 fully saturated rings. The van der Waals surface area contributed by atoms with Gasteiger partial charge in [-0.05, 0) is 43.0 Å². The van der Waals surface area contributed by atoms with Crippen molar-refractivity contribution in [3.63, 3.8) is 0 Å². The van der Waals surface area contributed by atoms with Crippen LogP contribution in [0, 0.1) is 0 Å². The van der Waals surface area contributed by atoms with Crippen LogP contribution >= 0.6 is 0 Å². The summed E-state index contributed by atoms with van der Waals surface area (Å²) in [6.07, 6.45) is 0. The van der Waals surface area contributed by atoms with Gasteiger partial charge in [0.15, 0.2) is 0 Å². The summed E-state index contributed by atoms with van der Waals surface area (Å²) in [4.78, 5) is 0. The first-order chi connectivity index (χ1) is 10.8. The van der Waals surface area contributed by atoms with Crippen molar-refractivity contribution in [2.75, 3.05) is 0 Å². The van der Waals surface area contributed by atoms with E-state index in [0.29, 0.717) is 0 Å². The predicted octanol–water partition coefficient (Wildman–Crippen LogP) is 4.21. The molecule has 1 aliphatic rings. The molecule has 0 N–H and O–H groups in total. The van der Waals surface area contributed by atoms with E-state index in [0.717, 1.165) is 0 Å². The van der Waals surface area contributed by atoms with Crippen molar-refractivity contribution in [1.82, 2.24) is 0 Å². The van der Waals surface area contributed by atoms with Crippen LogP contribution in [0.25, 0.3) is 32.7 Å². The number of fused-ring (bicyclic) bond motifs is 7. The topological polar surface area (TPSA) is 0 Å². The second-order valence-corrected chi connectivity index (χ2v) is 8.37. The zero-order valence-electron chi connectivity index (χ0n) is 12.4. The Hall–Kier alpha value is -2.38. The fraction of sp³-hybridized carbons (Fsp3) is 0.0476. The Kier molecular flexibility index (Phi) is 2.39. The third-order valence-corrected chi connectivity index (χ3v) is 7.37. The summed E-state index contributed by atoms with van der Waals surface area (Å²) in [5.74, 6) is 0. The van der Waals surface area contributed by atoms with Gasteiger partial charge in [0.25, 0.3) is 0 Å². The van der Waals surface area contributed by atoms with Crippen LogP contribution in [0.2, 0.25) is 6.55 Å². The minimum Gasteiger partial charge on any atom is -0.0628 e. The van der Waals surface area contributed by atoms with E-state index >= 15 is 0 Å². The number of hydrogen-bond acceptors (Lipinski definition) is 0. The Balaban J connectivity index is 2.03. The molecule has 0 spiro atoms. The number of benzene rings is 4. The van der Waals surface area contributed by atoms with E-state index < -0.39 is 8.80 Å². The molecule has 1 heterocycles. The van der Waals surface area contributed by atoms with E-state index in [1.165, 1.54) is 32.7 Å². The summed E-state index contributed by atoms with van der Waals surface area (Å²) >= 11 is 0. The zero-order valence-corrected chi connectivity index (χ0v) is 13.4. The molecule has 0 bridgehead atoms. The maximum Gasteiger partial charge on any atom is 0.119 e. The quantitative estimate of drug-likeness (QED) is 0.426. The van der Waals surface area contributed by atoms with Crippen LogP contribution in [0.15, 0.2) is 72.8 Å². The molecule has 1 radical (unpaired) electrons. The first kappa shape index (κ1) is 12.2. The van der Waals surface area contributed by atoms with Crippen molar-refractivity contribution in [3.05, 3.63) is 72.8 Å². The average molecular weight is 295 g/mol. The Bertz CT molecular complexity index is 961. The first-order valence-electron chi connectivity index (χ1n) is 7.73. The van der Waals surface area contributed by atoms with Gasteiger partial charge in [-0.25, -0.2) is 0 Å². The molecule has 0 unspecified atom stereocenters. The zero-order chi connectivity index (χ0) is 14.7. The second-order valence-electron chi connectivity index (χ2n) is 6.04. The van der Waals surface area contributed by atoms with E-state index in [1.807, 2.05) is 0 Å². The molecular weight excluding hydrogens is 280 g/mol. The highest BCUT2D eigenvalue weighted by Gasteiger charge is 2.29. The first-order valence-corrected chi connectivity index (χ1v) is 9.73. The van der Waals surface area contributed by atoms with Gasteiger partial charge in [0, 0.05) is 0 Å². The summed E-state index contributed by atoms with van der Waals surface area (Å²) in [5, 5.41) is 8.62. The maximum atomic E-state index is 2.43. The normalized spacial score (nSPS) is 13.5. The molecule has 4 aromatic carbocycles. The monoisotopic (exact) mass is 295 g/mol. The average Bonchev–Trinajstić information content (AvgIpc) is 2.88. The van der Waals surface area contributed by atoms with Gasteiger partial charge in [-0.1, -0.05) is 79.3 Å². The molecule has 0 nitrogen and oxygen atoms in total. The Morgan fingerprint density at radius 3 is 1.50 bits per heavy atom. The SMILES string of the molecule is C[Si]1c2ccc3ccccc3c2-c2c1ccc1ccccc21. The van der Waals surface area contributed by atoms with Crippen molar-refractivity contribution < 1.29 is 0 Å². The number of rotatable bonds is 0. The lowest BCUT2D eigenvalue weighted by atomic mass is 9.94. The lowest BCUT2D eigenvalue weighted by molar-refractivity contribution is 1.75. The molecule has 0 saturated heterocycles. The highest BCUT2D eigenvalue weighted by molar-refractivity contribution is 6.89. The highest BCUT2D eigenvalue weighted by atomic mass is 28.3. The van der Waals surface area contributed by atoms with E-state index in [4.69, 9.17) is 0 Å². The van der Waals surface area contributed by atoms with Crippen LogP contribution in [-0.4, -0.2) is 8.80 Å². The van der Waals surface area contributed by atoms with Crippen LogP contribution in [0.1, 0.15) is 0 Å². The summed E-state index contributed by atoms with van der Waals surface area (Å²) < 4.78 is 0. The molecule has 4 aromatic rings. The van der Waals surface area contributed by atoms with Crippen molar-refractivity contribution in [1.29, 1.82) is 0 Å². The van der Waals surface area contributed by atoms with E-state index in [2.05, 4.69) is 79.3 Å². The van der Waals surface area contributed by atoms with E-state index in [9.17, 15) is 0 Å². The van der Waals surface area contributed by atoms with Crippen molar-refractivity contribution >= 4 is 40.7 Å². The molecular formula is C21H15Si. The molecule has 1 aliphatic heterocycles. The van der Waals surface area contributed by atoms with Gasteiger partial charge < -0.3 is 0 Å². The highest BCUT2D eigenvalue weighted by Crippen LogP contribution is 2.35. The molecule has 0 amide bonds. The third kappa shape index (κ3) is 1.47. The molecule has 103 valence electrons. The fourth-order valence-corrected chi connectivity index (χ4v) is 6.08. The summed E-state index contributed by atoms with van der Waals surface area (Å²) in [5.41, 5.74) is 2.97. The Labute approximate surface area is 131 Å². The minimum absolute atomic E-state index is 0.651. The van der Waals surface area contributed by atoms with E-state index in [-0.39, 0.29) is 0 Å². The molecule has 22 heavy (non-hydrogen) atoms. The Morgan fingerprint density at radius 1 is 0.545 bits per heavy atom. The van der Waals surface area contributed by atoms with Gasteiger partial charge in [0.05, 0.1) is 0 Å². The van der Waals surface area contributed by atoms with Crippen LogP contribution in [-0.2, 0) is 0 Å². The van der Waals surface area contributed by atoms with Gasteiger partial charge >= 0.3 is 0 Å². The van der Waals surface area contributed by atoms with Gasteiger partial charge in [-0.2, -0.15) is 0 Å². The van der Waals surface area contributed by atoms with Crippen LogP contribution in [0.5, 0.6) is 0 Å². The lowest BCUT2D eigenvalue weighted by Crippen LogP contribution is -2.34. The fourth-order valence-electron chi connectivity index (χ4n) is 3.85. The third-order valence-electron chi connectivity index (χ3n) is 4.92. The smallest absolute Gasteiger partial charge is 0.0628 e. The predicted molar refractivity (Wildman–Crippen MR) is 97.8 cm³/mol. The Morgan fingerprint density at radius 2 is 1.00 bits per heavy atom. The lowest BCUT2D eigenvalue weighted by Gasteiger charge is -2.10. The van der Waals surface area contributed by atoms with Crippen LogP contribution in [0.3, 0.4) is 0 Å². The van der Waals surface area contributed by atoms with E-state index in [1.54, 1.807) is 10.4 Å². The molecule has 0 saturated carbocycles. The minimum atomic E-state index is -0.651. The second kappa shape index (κ2) is 4.31. The van der Waals surface area contributed by atoms with Gasteiger partial charge in [0.2, 0.25) is 0 Å². The molecule has 0 atom stereocenters. The standard InChI is InChI=1S/C21H15Si/c1-22-18-12-10-14-6-2-4-8-16(14)20(18)21-17-9-5-3-7-15(17)11-13-19(21)22/h2-13H,1H3. The summed E-state index contributed by atoms with van der Waals surface area (Å²) in [6, 6.07) is 26.9. The van der Waals surface area contributed by atoms with Crippen molar-refractivity contribution in [3.8, 4) is 11.1 Å². The molecule has 5 rings (SSSR count). The molecule has 0 aromatic heterocycles. The number of hydrogen-bond donors (Lipinski definition) is 0. The van der Waals surface area contributed by atoms with Crippen molar-refractivity contribution in [2.24, 2.45) is 0 Å². The van der Waals surface area contributed by atoms with Gasteiger partial charge in [-0.15, -0.1) is 0 Å². The van der Waals surface area contributed by atoms with Gasteiger partial charge in [-0.3, -0.25) is 0 Å².